The Morgan fingerprint density at radius 1 is 1.32 bits per heavy atom. The molecule has 0 bridgehead atoms. The summed E-state index contributed by atoms with van der Waals surface area (Å²) in [5.74, 6) is -0.258. The summed E-state index contributed by atoms with van der Waals surface area (Å²) in [5, 5.41) is 0. The Labute approximate surface area is 112 Å². The highest BCUT2D eigenvalue weighted by Crippen LogP contribution is 2.35. The Balaban J connectivity index is 2.12. The summed E-state index contributed by atoms with van der Waals surface area (Å²) in [6.45, 7) is 4.22. The maximum absolute atomic E-state index is 11.9. The Bertz CT molecular complexity index is 640. The van der Waals surface area contributed by atoms with Crippen LogP contribution in [0, 0.1) is 6.92 Å². The third kappa shape index (κ3) is 1.86. The van der Waals surface area contributed by atoms with Gasteiger partial charge in [-0.1, -0.05) is 24.3 Å². The highest BCUT2D eigenvalue weighted by atomic mass is 16.5. The van der Waals surface area contributed by atoms with E-state index in [1.807, 2.05) is 19.9 Å². The van der Waals surface area contributed by atoms with E-state index in [1.165, 1.54) is 16.7 Å². The van der Waals surface area contributed by atoms with E-state index in [9.17, 15) is 4.79 Å². The smallest absolute Gasteiger partial charge is 0.355 e. The van der Waals surface area contributed by atoms with Crippen LogP contribution in [0.4, 0.5) is 0 Å². The summed E-state index contributed by atoms with van der Waals surface area (Å²) < 4.78 is 5.10. The Kier molecular flexibility index (Phi) is 2.90. The molecule has 98 valence electrons. The molecule has 0 fully saturated rings. The van der Waals surface area contributed by atoms with Crippen LogP contribution in [-0.2, 0) is 17.6 Å². The van der Waals surface area contributed by atoms with Crippen molar-refractivity contribution in [2.45, 2.75) is 26.7 Å². The maximum Gasteiger partial charge on any atom is 0.355 e. The number of rotatable bonds is 2. The fraction of sp³-hybridized carbons (Fsp3) is 0.312. The lowest BCUT2D eigenvalue weighted by atomic mass is 9.89. The largest absolute Gasteiger partial charge is 0.461 e. The van der Waals surface area contributed by atoms with Gasteiger partial charge in [0, 0.05) is 11.3 Å². The van der Waals surface area contributed by atoms with E-state index in [0.29, 0.717) is 12.3 Å². The van der Waals surface area contributed by atoms with E-state index in [2.05, 4.69) is 23.2 Å². The van der Waals surface area contributed by atoms with Crippen molar-refractivity contribution in [1.29, 1.82) is 0 Å². The summed E-state index contributed by atoms with van der Waals surface area (Å²) in [4.78, 5) is 15.2. The van der Waals surface area contributed by atoms with Gasteiger partial charge in [0.25, 0.3) is 0 Å². The van der Waals surface area contributed by atoms with Crippen molar-refractivity contribution in [2.75, 3.05) is 6.61 Å². The molecule has 0 saturated carbocycles. The second-order valence-electron chi connectivity index (χ2n) is 4.86. The number of ether oxygens (including phenoxy) is 1. The fourth-order valence-electron chi connectivity index (χ4n) is 2.82. The lowest BCUT2D eigenvalue weighted by molar-refractivity contribution is 0.0519. The zero-order valence-electron chi connectivity index (χ0n) is 11.2. The van der Waals surface area contributed by atoms with E-state index in [0.717, 1.165) is 24.1 Å². The molecule has 1 N–H and O–H groups in total. The number of fused-ring (bicyclic) bond motifs is 3. The third-order valence-corrected chi connectivity index (χ3v) is 3.79. The lowest BCUT2D eigenvalue weighted by Gasteiger charge is -2.16. The predicted molar refractivity (Wildman–Crippen MR) is 74.3 cm³/mol. The standard InChI is InChI=1S/C16H17NO2/c1-3-19-16(18)14-10(2)12-9-8-11-6-4-5-7-13(11)15(12)17-14/h4-7,17H,3,8-9H2,1-2H3. The molecule has 1 aromatic carbocycles. The number of H-pyrrole nitrogens is 1. The van der Waals surface area contributed by atoms with Gasteiger partial charge in [0.05, 0.1) is 6.61 Å². The van der Waals surface area contributed by atoms with Crippen molar-refractivity contribution < 1.29 is 9.53 Å². The highest BCUT2D eigenvalue weighted by molar-refractivity contribution is 5.92. The molecule has 0 amide bonds. The van der Waals surface area contributed by atoms with Gasteiger partial charge in [-0.3, -0.25) is 0 Å². The van der Waals surface area contributed by atoms with Crippen LogP contribution in [0.25, 0.3) is 11.3 Å². The molecule has 0 radical (unpaired) electrons. The van der Waals surface area contributed by atoms with E-state index in [-0.39, 0.29) is 5.97 Å². The van der Waals surface area contributed by atoms with Crippen LogP contribution in [0.1, 0.15) is 34.1 Å². The molecule has 3 heteroatoms. The number of carbonyl (C=O) groups excluding carboxylic acids is 1. The summed E-state index contributed by atoms with van der Waals surface area (Å²) >= 11 is 0. The van der Waals surface area contributed by atoms with Crippen molar-refractivity contribution >= 4 is 5.97 Å². The van der Waals surface area contributed by atoms with Crippen molar-refractivity contribution in [2.24, 2.45) is 0 Å². The molecule has 0 aliphatic heterocycles. The minimum atomic E-state index is -0.258. The van der Waals surface area contributed by atoms with Crippen LogP contribution in [0.15, 0.2) is 24.3 Å². The zero-order chi connectivity index (χ0) is 13.4. The van der Waals surface area contributed by atoms with Gasteiger partial charge < -0.3 is 9.72 Å². The molecule has 1 aliphatic rings. The first-order valence-electron chi connectivity index (χ1n) is 6.69. The molecule has 0 saturated heterocycles. The SMILES string of the molecule is CCOC(=O)c1[nH]c2c(c1C)CCc1ccccc1-2. The first kappa shape index (κ1) is 12.0. The summed E-state index contributed by atoms with van der Waals surface area (Å²) in [6, 6.07) is 8.36. The van der Waals surface area contributed by atoms with Gasteiger partial charge in [-0.25, -0.2) is 4.79 Å². The van der Waals surface area contributed by atoms with Gasteiger partial charge in [0.2, 0.25) is 0 Å². The number of aryl methyl sites for hydroxylation is 1. The Hall–Kier alpha value is -2.03. The number of nitrogens with one attached hydrogen (secondary N) is 1. The quantitative estimate of drug-likeness (QED) is 0.837. The normalized spacial score (nSPS) is 12.7. The molecule has 1 aromatic heterocycles. The number of hydrogen-bond acceptors (Lipinski definition) is 2. The molecule has 1 aliphatic carbocycles. The van der Waals surface area contributed by atoms with Crippen LogP contribution in [0.5, 0.6) is 0 Å². The molecular weight excluding hydrogens is 238 g/mol. The van der Waals surface area contributed by atoms with Crippen LogP contribution in [0.3, 0.4) is 0 Å². The van der Waals surface area contributed by atoms with Gasteiger partial charge in [-0.2, -0.15) is 0 Å². The summed E-state index contributed by atoms with van der Waals surface area (Å²) in [7, 11) is 0. The monoisotopic (exact) mass is 255 g/mol. The van der Waals surface area contributed by atoms with Crippen LogP contribution >= 0.6 is 0 Å². The molecule has 0 unspecified atom stereocenters. The van der Waals surface area contributed by atoms with Gasteiger partial charge >= 0.3 is 5.97 Å². The van der Waals surface area contributed by atoms with Crippen molar-refractivity contribution in [3.05, 3.63) is 46.6 Å². The van der Waals surface area contributed by atoms with E-state index >= 15 is 0 Å². The first-order chi connectivity index (χ1) is 9.22. The van der Waals surface area contributed by atoms with E-state index in [1.54, 1.807) is 0 Å². The molecule has 3 rings (SSSR count). The van der Waals surface area contributed by atoms with Crippen LogP contribution < -0.4 is 0 Å². The second-order valence-corrected chi connectivity index (χ2v) is 4.86. The minimum absolute atomic E-state index is 0.258. The van der Waals surface area contributed by atoms with Crippen molar-refractivity contribution in [3.63, 3.8) is 0 Å². The van der Waals surface area contributed by atoms with Crippen LogP contribution in [0.2, 0.25) is 0 Å². The summed E-state index contributed by atoms with van der Waals surface area (Å²) in [6.07, 6.45) is 2.01. The van der Waals surface area contributed by atoms with Crippen molar-refractivity contribution in [3.8, 4) is 11.3 Å². The van der Waals surface area contributed by atoms with E-state index in [4.69, 9.17) is 4.74 Å². The minimum Gasteiger partial charge on any atom is -0.461 e. The fourth-order valence-corrected chi connectivity index (χ4v) is 2.82. The molecule has 0 atom stereocenters. The Morgan fingerprint density at radius 2 is 2.11 bits per heavy atom. The second kappa shape index (κ2) is 4.57. The zero-order valence-corrected chi connectivity index (χ0v) is 11.2. The van der Waals surface area contributed by atoms with Crippen molar-refractivity contribution in [1.82, 2.24) is 4.98 Å². The van der Waals surface area contributed by atoms with Gasteiger partial charge in [-0.15, -0.1) is 0 Å². The molecule has 0 spiro atoms. The first-order valence-corrected chi connectivity index (χ1v) is 6.69. The number of benzene rings is 1. The predicted octanol–water partition coefficient (Wildman–Crippen LogP) is 3.27. The molecule has 1 heterocycles. The number of aromatic nitrogens is 1. The topological polar surface area (TPSA) is 42.1 Å². The van der Waals surface area contributed by atoms with Gasteiger partial charge in [-0.05, 0) is 43.4 Å². The summed E-state index contributed by atoms with van der Waals surface area (Å²) in [5.41, 5.74) is 6.52. The third-order valence-electron chi connectivity index (χ3n) is 3.79. The van der Waals surface area contributed by atoms with E-state index < -0.39 is 0 Å². The average Bonchev–Trinajstić information content (AvgIpc) is 2.77. The maximum atomic E-state index is 11.9. The van der Waals surface area contributed by atoms with Crippen LogP contribution in [-0.4, -0.2) is 17.6 Å². The Morgan fingerprint density at radius 3 is 2.89 bits per heavy atom. The average molecular weight is 255 g/mol. The lowest BCUT2D eigenvalue weighted by Crippen LogP contribution is -2.06. The number of esters is 1. The van der Waals surface area contributed by atoms with Gasteiger partial charge in [0.15, 0.2) is 0 Å². The molecular formula is C16H17NO2. The molecule has 3 nitrogen and oxygen atoms in total. The number of hydrogen-bond donors (Lipinski definition) is 1. The van der Waals surface area contributed by atoms with Gasteiger partial charge in [0.1, 0.15) is 5.69 Å². The highest BCUT2D eigenvalue weighted by Gasteiger charge is 2.24. The number of aromatic amines is 1. The molecule has 19 heavy (non-hydrogen) atoms. The molecule has 2 aromatic rings. The number of carbonyl (C=O) groups is 1.